The van der Waals surface area contributed by atoms with Gasteiger partial charge in [0.2, 0.25) is 0 Å². The van der Waals surface area contributed by atoms with E-state index in [4.69, 9.17) is 0 Å². The van der Waals surface area contributed by atoms with E-state index in [-0.39, 0.29) is 0 Å². The van der Waals surface area contributed by atoms with E-state index < -0.39 is 0 Å². The van der Waals surface area contributed by atoms with Crippen LogP contribution in [0.3, 0.4) is 0 Å². The number of rotatable bonds is 5. The molecule has 0 aliphatic heterocycles. The third-order valence-corrected chi connectivity index (χ3v) is 2.86. The molecule has 0 saturated heterocycles. The number of nitrogens with one attached hydrogen (secondary N) is 1. The fourth-order valence-corrected chi connectivity index (χ4v) is 1.11. The maximum absolute atomic E-state index is 3.45. The Morgan fingerprint density at radius 3 is 2.64 bits per heavy atom. The van der Waals surface area contributed by atoms with Crippen LogP contribution in [0.1, 0.15) is 27.2 Å². The van der Waals surface area contributed by atoms with Gasteiger partial charge in [0.1, 0.15) is 0 Å². The van der Waals surface area contributed by atoms with Crippen molar-refractivity contribution >= 4 is 22.6 Å². The molecule has 2 heteroatoms. The standard InChI is InChI=1S/C9H18IN/c1-4-6-8(3)7-11-9(10)5-2/h4,6,8-9,11H,5,7H2,1-3H3/b6-4-/t8-,9-/m0/s1. The van der Waals surface area contributed by atoms with Crippen molar-refractivity contribution in [1.29, 1.82) is 0 Å². The first-order chi connectivity index (χ1) is 5.20. The summed E-state index contributed by atoms with van der Waals surface area (Å²) in [6, 6.07) is 0. The number of halogens is 1. The minimum Gasteiger partial charge on any atom is -0.305 e. The molecule has 0 aromatic carbocycles. The summed E-state index contributed by atoms with van der Waals surface area (Å²) in [5.74, 6) is 0.656. The van der Waals surface area contributed by atoms with E-state index >= 15 is 0 Å². The molecule has 0 aromatic rings. The van der Waals surface area contributed by atoms with Crippen LogP contribution in [0.15, 0.2) is 12.2 Å². The molecule has 0 heterocycles. The van der Waals surface area contributed by atoms with Gasteiger partial charge in [-0.25, -0.2) is 0 Å². The van der Waals surface area contributed by atoms with Crippen molar-refractivity contribution < 1.29 is 0 Å². The smallest absolute Gasteiger partial charge is 0.0591 e. The van der Waals surface area contributed by atoms with Crippen LogP contribution in [0.4, 0.5) is 0 Å². The second-order valence-corrected chi connectivity index (χ2v) is 4.29. The van der Waals surface area contributed by atoms with Gasteiger partial charge in [-0.2, -0.15) is 0 Å². The lowest BCUT2D eigenvalue weighted by Gasteiger charge is -2.12. The van der Waals surface area contributed by atoms with Gasteiger partial charge in [-0.3, -0.25) is 0 Å². The first-order valence-electron chi connectivity index (χ1n) is 4.21. The molecule has 0 amide bonds. The van der Waals surface area contributed by atoms with Gasteiger partial charge in [0.15, 0.2) is 0 Å². The summed E-state index contributed by atoms with van der Waals surface area (Å²) in [4.78, 5) is 0. The fourth-order valence-electron chi connectivity index (χ4n) is 0.855. The molecular weight excluding hydrogens is 249 g/mol. The molecule has 2 atom stereocenters. The van der Waals surface area contributed by atoms with Crippen molar-refractivity contribution in [3.05, 3.63) is 12.2 Å². The quantitative estimate of drug-likeness (QED) is 0.349. The van der Waals surface area contributed by atoms with Crippen LogP contribution in [0, 0.1) is 5.92 Å². The van der Waals surface area contributed by atoms with Crippen molar-refractivity contribution in [2.45, 2.75) is 31.2 Å². The Hall–Kier alpha value is 0.430. The molecule has 0 fully saturated rings. The summed E-state index contributed by atoms with van der Waals surface area (Å²) in [7, 11) is 0. The number of hydrogen-bond acceptors (Lipinski definition) is 1. The molecule has 1 N–H and O–H groups in total. The zero-order valence-corrected chi connectivity index (χ0v) is 9.76. The average Bonchev–Trinajstić information content (AvgIpc) is 2.01. The second-order valence-electron chi connectivity index (χ2n) is 2.79. The van der Waals surface area contributed by atoms with E-state index in [1.54, 1.807) is 0 Å². The molecule has 0 radical (unpaired) electrons. The predicted octanol–water partition coefficient (Wildman–Crippen LogP) is 2.96. The second kappa shape index (κ2) is 7.10. The first kappa shape index (κ1) is 11.4. The van der Waals surface area contributed by atoms with Crippen LogP contribution in [-0.4, -0.2) is 10.6 Å². The summed E-state index contributed by atoms with van der Waals surface area (Å²) in [6.07, 6.45) is 5.54. The predicted molar refractivity (Wildman–Crippen MR) is 60.1 cm³/mol. The maximum Gasteiger partial charge on any atom is 0.0591 e. The van der Waals surface area contributed by atoms with Crippen LogP contribution in [0.5, 0.6) is 0 Å². The molecule has 0 bridgehead atoms. The Kier molecular flexibility index (Phi) is 7.38. The normalized spacial score (nSPS) is 17.1. The first-order valence-corrected chi connectivity index (χ1v) is 5.45. The van der Waals surface area contributed by atoms with Gasteiger partial charge in [0, 0.05) is 6.54 Å². The number of allylic oxidation sites excluding steroid dienone is 1. The van der Waals surface area contributed by atoms with Gasteiger partial charge >= 0.3 is 0 Å². The summed E-state index contributed by atoms with van der Waals surface area (Å²) in [5, 5.41) is 3.45. The number of hydrogen-bond donors (Lipinski definition) is 1. The molecule has 0 saturated carbocycles. The average molecular weight is 267 g/mol. The molecule has 0 aromatic heterocycles. The molecule has 0 aliphatic carbocycles. The van der Waals surface area contributed by atoms with Crippen LogP contribution >= 0.6 is 22.6 Å². The van der Waals surface area contributed by atoms with E-state index in [9.17, 15) is 0 Å². The van der Waals surface area contributed by atoms with Crippen LogP contribution in [0.2, 0.25) is 0 Å². The monoisotopic (exact) mass is 267 g/mol. The maximum atomic E-state index is 3.45. The highest BCUT2D eigenvalue weighted by Crippen LogP contribution is 2.02. The van der Waals surface area contributed by atoms with E-state index in [1.807, 2.05) is 0 Å². The molecule has 1 nitrogen and oxygen atoms in total. The Morgan fingerprint density at radius 2 is 2.18 bits per heavy atom. The van der Waals surface area contributed by atoms with Crippen LogP contribution < -0.4 is 5.32 Å². The highest BCUT2D eigenvalue weighted by atomic mass is 127. The Morgan fingerprint density at radius 1 is 1.55 bits per heavy atom. The van der Waals surface area contributed by atoms with Crippen molar-refractivity contribution in [3.8, 4) is 0 Å². The van der Waals surface area contributed by atoms with E-state index in [0.29, 0.717) is 9.97 Å². The van der Waals surface area contributed by atoms with Crippen molar-refractivity contribution in [1.82, 2.24) is 5.32 Å². The zero-order chi connectivity index (χ0) is 8.69. The third-order valence-electron chi connectivity index (χ3n) is 1.54. The lowest BCUT2D eigenvalue weighted by atomic mass is 10.1. The highest BCUT2D eigenvalue weighted by molar-refractivity contribution is 14.1. The number of alkyl halides is 1. The van der Waals surface area contributed by atoms with Crippen molar-refractivity contribution in [3.63, 3.8) is 0 Å². The van der Waals surface area contributed by atoms with Gasteiger partial charge in [0.05, 0.1) is 4.05 Å². The Labute approximate surface area is 83.8 Å². The zero-order valence-electron chi connectivity index (χ0n) is 7.60. The lowest BCUT2D eigenvalue weighted by molar-refractivity contribution is 0.576. The topological polar surface area (TPSA) is 12.0 Å². The molecule has 66 valence electrons. The van der Waals surface area contributed by atoms with E-state index in [2.05, 4.69) is 60.8 Å². The molecule has 0 spiro atoms. The minimum absolute atomic E-state index is 0.625. The minimum atomic E-state index is 0.625. The summed E-state index contributed by atoms with van der Waals surface area (Å²) >= 11 is 2.43. The van der Waals surface area contributed by atoms with Gasteiger partial charge < -0.3 is 5.32 Å². The van der Waals surface area contributed by atoms with E-state index in [0.717, 1.165) is 6.54 Å². The lowest BCUT2D eigenvalue weighted by Crippen LogP contribution is -2.26. The van der Waals surface area contributed by atoms with E-state index in [1.165, 1.54) is 6.42 Å². The third kappa shape index (κ3) is 6.81. The molecule has 11 heavy (non-hydrogen) atoms. The molecule has 0 aliphatic rings. The van der Waals surface area contributed by atoms with Gasteiger partial charge in [-0.1, -0.05) is 48.6 Å². The molecule has 0 rings (SSSR count). The van der Waals surface area contributed by atoms with Crippen LogP contribution in [-0.2, 0) is 0 Å². The molecule has 0 unspecified atom stereocenters. The van der Waals surface area contributed by atoms with Crippen LogP contribution in [0.25, 0.3) is 0 Å². The highest BCUT2D eigenvalue weighted by Gasteiger charge is 2.00. The Bertz CT molecular complexity index is 112. The van der Waals surface area contributed by atoms with Gasteiger partial charge in [-0.15, -0.1) is 0 Å². The molecular formula is C9H18IN. The Balaban J connectivity index is 3.37. The SMILES string of the molecule is C/C=C\[C@H](C)CN[C@H](I)CC. The van der Waals surface area contributed by atoms with Crippen molar-refractivity contribution in [2.24, 2.45) is 5.92 Å². The fraction of sp³-hybridized carbons (Fsp3) is 0.778. The summed E-state index contributed by atoms with van der Waals surface area (Å²) in [5.41, 5.74) is 0. The largest absolute Gasteiger partial charge is 0.305 e. The van der Waals surface area contributed by atoms with Gasteiger partial charge in [-0.05, 0) is 19.3 Å². The van der Waals surface area contributed by atoms with Gasteiger partial charge in [0.25, 0.3) is 0 Å². The van der Waals surface area contributed by atoms with Crippen molar-refractivity contribution in [2.75, 3.05) is 6.54 Å². The summed E-state index contributed by atoms with van der Waals surface area (Å²) < 4.78 is 0.625. The summed E-state index contributed by atoms with van der Waals surface area (Å²) in [6.45, 7) is 7.58.